The van der Waals surface area contributed by atoms with E-state index in [4.69, 9.17) is 15.8 Å². The first-order chi connectivity index (χ1) is 10.2. The zero-order valence-electron chi connectivity index (χ0n) is 11.9. The first-order valence-corrected chi connectivity index (χ1v) is 7.74. The normalized spacial score (nSPS) is 11.6. The van der Waals surface area contributed by atoms with Gasteiger partial charge in [-0.25, -0.2) is 4.18 Å². The van der Waals surface area contributed by atoms with Crippen molar-refractivity contribution >= 4 is 38.7 Å². The largest absolute Gasteiger partial charge is 0.448 e. The van der Waals surface area contributed by atoms with Gasteiger partial charge in [-0.3, -0.25) is 9.59 Å². The minimum absolute atomic E-state index is 0.170. The maximum atomic E-state index is 12.1. The number of carbonyl (C=O) groups is 1. The zero-order valence-corrected chi connectivity index (χ0v) is 13.5. The van der Waals surface area contributed by atoms with Gasteiger partial charge < -0.3 is 9.17 Å². The molecule has 0 fully saturated rings. The number of halogens is 1. The second-order valence-corrected chi connectivity index (χ2v) is 6.27. The van der Waals surface area contributed by atoms with Crippen molar-refractivity contribution in [3.63, 3.8) is 0 Å². The molecule has 0 unspecified atom stereocenters. The Hall–Kier alpha value is -1.90. The predicted octanol–water partition coefficient (Wildman–Crippen LogP) is 1.96. The molecule has 0 saturated carbocycles. The summed E-state index contributed by atoms with van der Waals surface area (Å²) in [6, 6.07) is 3.13. The third-order valence-electron chi connectivity index (χ3n) is 2.91. The van der Waals surface area contributed by atoms with Gasteiger partial charge in [-0.15, -0.1) is 0 Å². The van der Waals surface area contributed by atoms with Crippen molar-refractivity contribution in [3.05, 3.63) is 38.6 Å². The van der Waals surface area contributed by atoms with Gasteiger partial charge in [0, 0.05) is 5.39 Å². The summed E-state index contributed by atoms with van der Waals surface area (Å²) in [6.07, 6.45) is 0. The Labute approximate surface area is 131 Å². The molecule has 0 spiro atoms. The Bertz CT molecular complexity index is 932. The number of rotatable bonds is 4. The van der Waals surface area contributed by atoms with Crippen LogP contribution in [0.5, 0.6) is 5.75 Å². The van der Waals surface area contributed by atoms with Gasteiger partial charge in [0.15, 0.2) is 11.5 Å². The molecule has 2 rings (SSSR count). The molecule has 0 bridgehead atoms. The Balaban J connectivity index is 2.98. The summed E-state index contributed by atoms with van der Waals surface area (Å²) in [5, 5.41) is 0.386. The number of Topliss-reactive ketones (excluding diaryl/α,β-unsaturated/α-hetero) is 1. The minimum Gasteiger partial charge on any atom is -0.360 e. The fraction of sp³-hybridized carbons (Fsp3) is 0.231. The molecule has 118 valence electrons. The molecule has 0 amide bonds. The van der Waals surface area contributed by atoms with Crippen LogP contribution >= 0.6 is 11.6 Å². The van der Waals surface area contributed by atoms with E-state index in [0.29, 0.717) is 5.56 Å². The zero-order chi connectivity index (χ0) is 16.7. The molecular formula is C13H12ClNO6S. The Kier molecular flexibility index (Phi) is 4.28. The number of aromatic amines is 1. The number of aromatic nitrogens is 1. The van der Waals surface area contributed by atoms with E-state index >= 15 is 0 Å². The molecule has 9 heteroatoms. The molecule has 0 aliphatic carbocycles. The second-order valence-electron chi connectivity index (χ2n) is 4.54. The fourth-order valence-corrected chi connectivity index (χ4v) is 2.77. The van der Waals surface area contributed by atoms with Crippen LogP contribution < -0.4 is 9.74 Å². The van der Waals surface area contributed by atoms with Crippen LogP contribution in [0.3, 0.4) is 0 Å². The van der Waals surface area contributed by atoms with Crippen molar-refractivity contribution in [2.24, 2.45) is 0 Å². The van der Waals surface area contributed by atoms with Crippen LogP contribution in [0.4, 0.5) is 0 Å². The highest BCUT2D eigenvalue weighted by molar-refractivity contribution is 7.82. The molecular weight excluding hydrogens is 334 g/mol. The van der Waals surface area contributed by atoms with Crippen LogP contribution in [0, 0.1) is 6.92 Å². The lowest BCUT2D eigenvalue weighted by Gasteiger charge is -2.12. The Morgan fingerprint density at radius 3 is 2.50 bits per heavy atom. The van der Waals surface area contributed by atoms with Crippen molar-refractivity contribution in [1.29, 1.82) is 0 Å². The highest BCUT2D eigenvalue weighted by Crippen LogP contribution is 2.32. The summed E-state index contributed by atoms with van der Waals surface area (Å²) in [4.78, 5) is 26.2. The summed E-state index contributed by atoms with van der Waals surface area (Å²) in [7, 11) is -3.51. The van der Waals surface area contributed by atoms with E-state index in [9.17, 15) is 18.0 Å². The topological polar surface area (TPSA) is 103 Å². The molecule has 1 heterocycles. The van der Waals surface area contributed by atoms with Crippen molar-refractivity contribution in [2.45, 2.75) is 13.8 Å². The smallest absolute Gasteiger partial charge is 0.360 e. The van der Waals surface area contributed by atoms with Gasteiger partial charge in [-0.05, 0) is 31.5 Å². The molecule has 1 aromatic heterocycles. The van der Waals surface area contributed by atoms with Gasteiger partial charge >= 0.3 is 10.4 Å². The molecule has 0 aliphatic rings. The van der Waals surface area contributed by atoms with E-state index in [2.05, 4.69) is 9.17 Å². The number of benzene rings is 1. The molecule has 7 nitrogen and oxygen atoms in total. The Morgan fingerprint density at radius 1 is 1.32 bits per heavy atom. The molecule has 1 aromatic carbocycles. The summed E-state index contributed by atoms with van der Waals surface area (Å²) in [5.41, 5.74) is -0.357. The molecule has 22 heavy (non-hydrogen) atoms. The first-order valence-electron chi connectivity index (χ1n) is 6.03. The monoisotopic (exact) mass is 345 g/mol. The number of nitrogens with one attached hydrogen (secondary N) is 1. The number of aryl methyl sites for hydroxylation is 1. The summed E-state index contributed by atoms with van der Waals surface area (Å²) < 4.78 is 32.2. The van der Waals surface area contributed by atoms with Crippen LogP contribution in [0.25, 0.3) is 10.9 Å². The average molecular weight is 346 g/mol. The van der Waals surface area contributed by atoms with E-state index in [0.717, 1.165) is 14.0 Å². The van der Waals surface area contributed by atoms with Crippen molar-refractivity contribution < 1.29 is 21.6 Å². The summed E-state index contributed by atoms with van der Waals surface area (Å²) >= 11 is 6.05. The number of hydrogen-bond acceptors (Lipinski definition) is 6. The van der Waals surface area contributed by atoms with Crippen molar-refractivity contribution in [3.8, 4) is 5.75 Å². The molecule has 0 aliphatic heterocycles. The molecule has 2 aromatic rings. The third-order valence-corrected chi connectivity index (χ3v) is 3.99. The number of pyridine rings is 1. The molecule has 0 saturated heterocycles. The van der Waals surface area contributed by atoms with E-state index in [1.807, 2.05) is 0 Å². The van der Waals surface area contributed by atoms with Crippen LogP contribution in [0.1, 0.15) is 22.8 Å². The SMILES string of the molecule is COS(=O)(=O)Oc1c(C(C)=O)c(=O)[nH]c2c(Cl)cc(C)cc12. The number of hydrogen-bond donors (Lipinski definition) is 1. The minimum atomic E-state index is -4.41. The Morgan fingerprint density at radius 2 is 1.95 bits per heavy atom. The third kappa shape index (κ3) is 2.99. The van der Waals surface area contributed by atoms with Gasteiger partial charge in [0.1, 0.15) is 5.56 Å². The summed E-state index contributed by atoms with van der Waals surface area (Å²) in [6.45, 7) is 2.85. The molecule has 0 radical (unpaired) electrons. The predicted molar refractivity (Wildman–Crippen MR) is 80.9 cm³/mol. The number of ketones is 1. The maximum Gasteiger partial charge on any atom is 0.448 e. The molecule has 1 N–H and O–H groups in total. The van der Waals surface area contributed by atoms with Crippen molar-refractivity contribution in [1.82, 2.24) is 4.98 Å². The van der Waals surface area contributed by atoms with Crippen molar-refractivity contribution in [2.75, 3.05) is 7.11 Å². The van der Waals surface area contributed by atoms with Gasteiger partial charge in [-0.2, -0.15) is 8.42 Å². The molecule has 0 atom stereocenters. The lowest BCUT2D eigenvalue weighted by atomic mass is 10.1. The van der Waals surface area contributed by atoms with E-state index in [1.165, 1.54) is 0 Å². The quantitative estimate of drug-likeness (QED) is 0.850. The van der Waals surface area contributed by atoms with Crippen LogP contribution in [-0.4, -0.2) is 26.3 Å². The van der Waals surface area contributed by atoms with E-state index in [1.54, 1.807) is 19.1 Å². The lowest BCUT2D eigenvalue weighted by molar-refractivity contribution is 0.101. The fourth-order valence-electron chi connectivity index (χ4n) is 2.00. The number of H-pyrrole nitrogens is 1. The summed E-state index contributed by atoms with van der Waals surface area (Å²) in [5.74, 6) is -1.05. The highest BCUT2D eigenvalue weighted by atomic mass is 35.5. The van der Waals surface area contributed by atoms with Crippen LogP contribution in [-0.2, 0) is 14.6 Å². The van der Waals surface area contributed by atoms with Gasteiger partial charge in [0.25, 0.3) is 5.56 Å². The average Bonchev–Trinajstić information content (AvgIpc) is 2.39. The highest BCUT2D eigenvalue weighted by Gasteiger charge is 2.24. The lowest BCUT2D eigenvalue weighted by Crippen LogP contribution is -2.21. The number of carbonyl (C=O) groups excluding carboxylic acids is 1. The standard InChI is InChI=1S/C13H12ClNO6S/c1-6-4-8-11(9(14)5-6)15-13(17)10(7(2)16)12(8)21-22(18,19)20-3/h4-5H,1-3H3,(H,15,17). The van der Waals surface area contributed by atoms with Gasteiger partial charge in [-0.1, -0.05) is 11.6 Å². The van der Waals surface area contributed by atoms with Gasteiger partial charge in [0.2, 0.25) is 0 Å². The maximum absolute atomic E-state index is 12.1. The second kappa shape index (κ2) is 5.71. The van der Waals surface area contributed by atoms with Crippen LogP contribution in [0.15, 0.2) is 16.9 Å². The first kappa shape index (κ1) is 16.5. The van der Waals surface area contributed by atoms with E-state index < -0.39 is 33.1 Å². The van der Waals surface area contributed by atoms with Gasteiger partial charge in [0.05, 0.1) is 17.6 Å². The van der Waals surface area contributed by atoms with E-state index in [-0.39, 0.29) is 15.9 Å². The van der Waals surface area contributed by atoms with Crippen LogP contribution in [0.2, 0.25) is 5.02 Å². The number of fused-ring (bicyclic) bond motifs is 1.